The molecule has 25 heavy (non-hydrogen) atoms. The summed E-state index contributed by atoms with van der Waals surface area (Å²) < 4.78 is 1.84. The zero-order valence-electron chi connectivity index (χ0n) is 14.2. The Kier molecular flexibility index (Phi) is 4.19. The van der Waals surface area contributed by atoms with E-state index < -0.39 is 0 Å². The van der Waals surface area contributed by atoms with Gasteiger partial charge in [0.2, 0.25) is 5.91 Å². The van der Waals surface area contributed by atoms with Crippen molar-refractivity contribution in [3.63, 3.8) is 0 Å². The molecule has 1 atom stereocenters. The maximum absolute atomic E-state index is 11.8. The molecule has 3 heterocycles. The van der Waals surface area contributed by atoms with Crippen LogP contribution in [0.1, 0.15) is 12.0 Å². The molecule has 1 fully saturated rings. The van der Waals surface area contributed by atoms with E-state index in [0.717, 1.165) is 48.4 Å². The summed E-state index contributed by atoms with van der Waals surface area (Å²) in [7, 11) is 1.70. The van der Waals surface area contributed by atoms with Gasteiger partial charge in [0, 0.05) is 43.7 Å². The van der Waals surface area contributed by atoms with Crippen LogP contribution in [0.15, 0.2) is 48.9 Å². The van der Waals surface area contributed by atoms with E-state index in [2.05, 4.69) is 32.4 Å². The molecule has 0 spiro atoms. The van der Waals surface area contributed by atoms with Gasteiger partial charge in [-0.1, -0.05) is 30.3 Å². The van der Waals surface area contributed by atoms with E-state index >= 15 is 0 Å². The van der Waals surface area contributed by atoms with Crippen LogP contribution < -0.4 is 5.32 Å². The summed E-state index contributed by atoms with van der Waals surface area (Å²) in [6, 6.07) is 10.2. The standard InChI is InChI=1S/C19H21N5O/c1-20-19(25)16-7-8-23(13-16)11-14-9-21-18-17(10-22-24(18)12-14)15-5-3-2-4-6-15/h2-6,9-10,12,16H,7-8,11,13H2,1H3,(H,20,25)/t16-/m1/s1. The van der Waals surface area contributed by atoms with E-state index in [0.29, 0.717) is 0 Å². The Bertz CT molecular complexity index is 889. The van der Waals surface area contributed by atoms with Gasteiger partial charge >= 0.3 is 0 Å². The van der Waals surface area contributed by atoms with Crippen LogP contribution in [0.4, 0.5) is 0 Å². The van der Waals surface area contributed by atoms with E-state index in [4.69, 9.17) is 0 Å². The zero-order valence-corrected chi connectivity index (χ0v) is 14.2. The summed E-state index contributed by atoms with van der Waals surface area (Å²) in [6.07, 6.45) is 6.72. The van der Waals surface area contributed by atoms with Gasteiger partial charge in [-0.25, -0.2) is 9.50 Å². The largest absolute Gasteiger partial charge is 0.359 e. The smallest absolute Gasteiger partial charge is 0.224 e. The van der Waals surface area contributed by atoms with Crippen molar-refractivity contribution in [3.05, 3.63) is 54.5 Å². The molecular weight excluding hydrogens is 314 g/mol. The number of benzene rings is 1. The first-order valence-corrected chi connectivity index (χ1v) is 8.56. The Morgan fingerprint density at radius 3 is 2.92 bits per heavy atom. The van der Waals surface area contributed by atoms with Crippen LogP contribution in [0.25, 0.3) is 16.8 Å². The predicted octanol–water partition coefficient (Wildman–Crippen LogP) is 1.96. The summed E-state index contributed by atoms with van der Waals surface area (Å²) in [6.45, 7) is 2.52. The Balaban J connectivity index is 1.52. The van der Waals surface area contributed by atoms with Crippen molar-refractivity contribution in [1.82, 2.24) is 24.8 Å². The van der Waals surface area contributed by atoms with Gasteiger partial charge in [-0.3, -0.25) is 9.69 Å². The zero-order chi connectivity index (χ0) is 17.2. The van der Waals surface area contributed by atoms with Crippen LogP contribution in [-0.4, -0.2) is 45.5 Å². The highest BCUT2D eigenvalue weighted by Crippen LogP contribution is 2.23. The number of nitrogens with one attached hydrogen (secondary N) is 1. The van der Waals surface area contributed by atoms with Crippen LogP contribution in [0.5, 0.6) is 0 Å². The second-order valence-corrected chi connectivity index (χ2v) is 6.49. The topological polar surface area (TPSA) is 62.5 Å². The molecule has 1 N–H and O–H groups in total. The minimum atomic E-state index is 0.0936. The molecule has 3 aromatic rings. The number of likely N-dealkylation sites (tertiary alicyclic amines) is 1. The molecule has 2 aromatic heterocycles. The van der Waals surface area contributed by atoms with Crippen molar-refractivity contribution in [2.75, 3.05) is 20.1 Å². The van der Waals surface area contributed by atoms with Crippen LogP contribution in [0.3, 0.4) is 0 Å². The van der Waals surface area contributed by atoms with E-state index in [1.807, 2.05) is 41.3 Å². The van der Waals surface area contributed by atoms with Crippen molar-refractivity contribution < 1.29 is 4.79 Å². The molecule has 6 nitrogen and oxygen atoms in total. The lowest BCUT2D eigenvalue weighted by Gasteiger charge is -2.15. The van der Waals surface area contributed by atoms with E-state index in [1.165, 1.54) is 0 Å². The summed E-state index contributed by atoms with van der Waals surface area (Å²) in [5, 5.41) is 7.20. The lowest BCUT2D eigenvalue weighted by molar-refractivity contribution is -0.124. The van der Waals surface area contributed by atoms with Crippen molar-refractivity contribution in [2.24, 2.45) is 5.92 Å². The second kappa shape index (κ2) is 6.64. The average Bonchev–Trinajstić information content (AvgIpc) is 3.28. The normalized spacial score (nSPS) is 17.9. The molecule has 0 saturated carbocycles. The van der Waals surface area contributed by atoms with Gasteiger partial charge in [0.25, 0.3) is 0 Å². The van der Waals surface area contributed by atoms with E-state index in [1.54, 1.807) is 7.05 Å². The number of carbonyl (C=O) groups excluding carboxylic acids is 1. The lowest BCUT2D eigenvalue weighted by Crippen LogP contribution is -2.30. The first kappa shape index (κ1) is 15.8. The van der Waals surface area contributed by atoms with Crippen LogP contribution >= 0.6 is 0 Å². The SMILES string of the molecule is CNC(=O)[C@@H]1CCN(Cc2cnc3c(-c4ccccc4)cnn3c2)C1. The molecule has 0 radical (unpaired) electrons. The molecule has 1 saturated heterocycles. The number of nitrogens with zero attached hydrogens (tertiary/aromatic N) is 4. The van der Waals surface area contributed by atoms with Crippen molar-refractivity contribution in [3.8, 4) is 11.1 Å². The monoisotopic (exact) mass is 335 g/mol. The van der Waals surface area contributed by atoms with Gasteiger partial charge < -0.3 is 5.32 Å². The Morgan fingerprint density at radius 2 is 2.12 bits per heavy atom. The molecular formula is C19H21N5O. The number of aromatic nitrogens is 3. The highest BCUT2D eigenvalue weighted by Gasteiger charge is 2.27. The average molecular weight is 335 g/mol. The van der Waals surface area contributed by atoms with Crippen molar-refractivity contribution in [2.45, 2.75) is 13.0 Å². The third-order valence-electron chi connectivity index (χ3n) is 4.79. The predicted molar refractivity (Wildman–Crippen MR) is 95.9 cm³/mol. The number of hydrogen-bond donors (Lipinski definition) is 1. The van der Waals surface area contributed by atoms with E-state index in [9.17, 15) is 4.79 Å². The first-order valence-electron chi connectivity index (χ1n) is 8.56. The highest BCUT2D eigenvalue weighted by atomic mass is 16.1. The molecule has 0 aliphatic carbocycles. The first-order chi connectivity index (χ1) is 12.2. The van der Waals surface area contributed by atoms with Crippen LogP contribution in [-0.2, 0) is 11.3 Å². The summed E-state index contributed by atoms with van der Waals surface area (Å²) in [4.78, 5) is 18.7. The third-order valence-corrected chi connectivity index (χ3v) is 4.79. The van der Waals surface area contributed by atoms with Gasteiger partial charge in [0.05, 0.1) is 12.1 Å². The maximum atomic E-state index is 11.8. The molecule has 1 amide bonds. The Hall–Kier alpha value is -2.73. The number of rotatable bonds is 4. The fourth-order valence-corrected chi connectivity index (χ4v) is 3.47. The van der Waals surface area contributed by atoms with Gasteiger partial charge in [0.15, 0.2) is 5.65 Å². The minimum absolute atomic E-state index is 0.0936. The molecule has 128 valence electrons. The molecule has 4 rings (SSSR count). The van der Waals surface area contributed by atoms with Crippen molar-refractivity contribution >= 4 is 11.6 Å². The van der Waals surface area contributed by atoms with E-state index in [-0.39, 0.29) is 11.8 Å². The van der Waals surface area contributed by atoms with Gasteiger partial charge in [-0.15, -0.1) is 0 Å². The summed E-state index contributed by atoms with van der Waals surface area (Å²) in [5.74, 6) is 0.228. The molecule has 1 aromatic carbocycles. The fraction of sp³-hybridized carbons (Fsp3) is 0.316. The van der Waals surface area contributed by atoms with Crippen LogP contribution in [0, 0.1) is 5.92 Å². The molecule has 6 heteroatoms. The van der Waals surface area contributed by atoms with Gasteiger partial charge in [0.1, 0.15) is 0 Å². The number of hydrogen-bond acceptors (Lipinski definition) is 4. The van der Waals surface area contributed by atoms with Crippen molar-refractivity contribution in [1.29, 1.82) is 0 Å². The third kappa shape index (κ3) is 3.13. The van der Waals surface area contributed by atoms with Gasteiger partial charge in [-0.2, -0.15) is 5.10 Å². The van der Waals surface area contributed by atoms with Crippen LogP contribution in [0.2, 0.25) is 0 Å². The minimum Gasteiger partial charge on any atom is -0.359 e. The Labute approximate surface area is 146 Å². The summed E-state index contributed by atoms with van der Waals surface area (Å²) in [5.41, 5.74) is 4.12. The maximum Gasteiger partial charge on any atom is 0.224 e. The number of carbonyl (C=O) groups is 1. The Morgan fingerprint density at radius 1 is 1.28 bits per heavy atom. The summed E-state index contributed by atoms with van der Waals surface area (Å²) >= 11 is 0. The number of fused-ring (bicyclic) bond motifs is 1. The number of amides is 1. The molecule has 0 bridgehead atoms. The lowest BCUT2D eigenvalue weighted by atomic mass is 10.1. The highest BCUT2D eigenvalue weighted by molar-refractivity contribution is 5.79. The molecule has 0 unspecified atom stereocenters. The van der Waals surface area contributed by atoms with Gasteiger partial charge in [-0.05, 0) is 18.5 Å². The molecule has 1 aliphatic rings. The molecule has 1 aliphatic heterocycles. The second-order valence-electron chi connectivity index (χ2n) is 6.49. The fourth-order valence-electron chi connectivity index (χ4n) is 3.47. The quantitative estimate of drug-likeness (QED) is 0.792.